The molecule has 0 fully saturated rings. The Morgan fingerprint density at radius 1 is 1.38 bits per heavy atom. The van der Waals surface area contributed by atoms with Crippen molar-refractivity contribution in [2.24, 2.45) is 0 Å². The maximum Gasteiger partial charge on any atom is 0.268 e. The number of carbonyl (C=O) groups is 2. The number of anilines is 1. The fourth-order valence-electron chi connectivity index (χ4n) is 3.68. The summed E-state index contributed by atoms with van der Waals surface area (Å²) < 4.78 is 13.1. The number of rotatable bonds is 9. The van der Waals surface area contributed by atoms with Crippen LogP contribution in [0.4, 0.5) is 5.13 Å². The number of ether oxygens (including phenoxy) is 1. The van der Waals surface area contributed by atoms with E-state index >= 15 is 0 Å². The van der Waals surface area contributed by atoms with Crippen molar-refractivity contribution in [1.82, 2.24) is 14.9 Å². The van der Waals surface area contributed by atoms with Gasteiger partial charge in [0.05, 0.1) is 19.2 Å². The maximum atomic E-state index is 12.8. The molecule has 1 unspecified atom stereocenters. The molecule has 178 valence electrons. The standard InChI is InChI=1S/C24H27N5O4S/c1-14-8-18(16(3)29(14)15(2)12-32-5)9-19(10-25)23(31)28-24-27-21(13-34-24)22-7-6-20(33-22)11-26-17(4)30/h6-9,13,15H,11-12H2,1-5H3,(H,26,30)(H,27,28,31)/b19-9-. The quantitative estimate of drug-likeness (QED) is 0.349. The molecular weight excluding hydrogens is 454 g/mol. The maximum absolute atomic E-state index is 12.8. The lowest BCUT2D eigenvalue weighted by atomic mass is 10.1. The lowest BCUT2D eigenvalue weighted by molar-refractivity contribution is -0.119. The van der Waals surface area contributed by atoms with E-state index in [-0.39, 0.29) is 24.1 Å². The van der Waals surface area contributed by atoms with Crippen LogP contribution < -0.4 is 10.6 Å². The van der Waals surface area contributed by atoms with Gasteiger partial charge >= 0.3 is 0 Å². The van der Waals surface area contributed by atoms with E-state index < -0.39 is 5.91 Å². The number of aryl methyl sites for hydroxylation is 1. The van der Waals surface area contributed by atoms with Crippen LogP contribution in [-0.2, 0) is 20.9 Å². The van der Waals surface area contributed by atoms with E-state index in [1.54, 1.807) is 30.7 Å². The topological polar surface area (TPSA) is 122 Å². The fraction of sp³-hybridized carbons (Fsp3) is 0.333. The van der Waals surface area contributed by atoms with Gasteiger partial charge in [-0.15, -0.1) is 11.3 Å². The van der Waals surface area contributed by atoms with Crippen molar-refractivity contribution >= 4 is 34.4 Å². The summed E-state index contributed by atoms with van der Waals surface area (Å²) in [6.45, 7) is 8.26. The van der Waals surface area contributed by atoms with E-state index in [2.05, 4.69) is 27.1 Å². The summed E-state index contributed by atoms with van der Waals surface area (Å²) >= 11 is 1.23. The van der Waals surface area contributed by atoms with Crippen molar-refractivity contribution in [2.45, 2.75) is 40.3 Å². The average Bonchev–Trinajstić information content (AvgIpc) is 3.50. The number of amides is 2. The minimum absolute atomic E-state index is 0.0213. The number of hydrogen-bond acceptors (Lipinski definition) is 7. The van der Waals surface area contributed by atoms with E-state index in [9.17, 15) is 14.9 Å². The van der Waals surface area contributed by atoms with Crippen LogP contribution in [0.5, 0.6) is 0 Å². The Morgan fingerprint density at radius 2 is 2.15 bits per heavy atom. The molecule has 3 aromatic rings. The zero-order valence-electron chi connectivity index (χ0n) is 19.8. The third-order valence-corrected chi connectivity index (χ3v) is 5.95. The zero-order valence-corrected chi connectivity index (χ0v) is 20.6. The Labute approximate surface area is 202 Å². The van der Waals surface area contributed by atoms with Crippen LogP contribution in [0.2, 0.25) is 0 Å². The second-order valence-corrected chi connectivity index (χ2v) is 8.70. The number of methoxy groups -OCH3 is 1. The highest BCUT2D eigenvalue weighted by Gasteiger charge is 2.17. The summed E-state index contributed by atoms with van der Waals surface area (Å²) in [5.41, 5.74) is 3.30. The molecule has 0 saturated heterocycles. The molecule has 0 saturated carbocycles. The molecule has 10 heteroatoms. The highest BCUT2D eigenvalue weighted by atomic mass is 32.1. The number of nitrogens with zero attached hydrogens (tertiary/aromatic N) is 3. The second-order valence-electron chi connectivity index (χ2n) is 7.84. The van der Waals surface area contributed by atoms with E-state index in [1.807, 2.05) is 26.0 Å². The molecule has 0 spiro atoms. The first kappa shape index (κ1) is 25.0. The van der Waals surface area contributed by atoms with Crippen LogP contribution >= 0.6 is 11.3 Å². The van der Waals surface area contributed by atoms with Crippen molar-refractivity contribution in [3.05, 3.63) is 51.9 Å². The predicted octanol–water partition coefficient (Wildman–Crippen LogP) is 4.21. The molecule has 3 rings (SSSR count). The molecule has 0 aromatic carbocycles. The van der Waals surface area contributed by atoms with Gasteiger partial charge in [-0.05, 0) is 50.6 Å². The van der Waals surface area contributed by atoms with Crippen molar-refractivity contribution in [2.75, 3.05) is 19.0 Å². The van der Waals surface area contributed by atoms with Crippen LogP contribution in [0.1, 0.15) is 42.6 Å². The highest BCUT2D eigenvalue weighted by Crippen LogP contribution is 2.27. The first-order valence-corrected chi connectivity index (χ1v) is 11.5. The van der Waals surface area contributed by atoms with Gasteiger partial charge in [0.15, 0.2) is 10.9 Å². The summed E-state index contributed by atoms with van der Waals surface area (Å²) in [6, 6.07) is 7.56. The van der Waals surface area contributed by atoms with Crippen molar-refractivity contribution in [1.29, 1.82) is 5.26 Å². The average molecular weight is 482 g/mol. The Hall–Kier alpha value is -3.68. The van der Waals surface area contributed by atoms with Gasteiger partial charge in [-0.1, -0.05) is 0 Å². The fourth-order valence-corrected chi connectivity index (χ4v) is 4.37. The predicted molar refractivity (Wildman–Crippen MR) is 130 cm³/mol. The van der Waals surface area contributed by atoms with Gasteiger partial charge in [0.2, 0.25) is 5.91 Å². The lowest BCUT2D eigenvalue weighted by Crippen LogP contribution is -2.18. The molecule has 0 bridgehead atoms. The van der Waals surface area contributed by atoms with E-state index in [4.69, 9.17) is 9.15 Å². The number of nitriles is 1. The number of hydrogen-bond donors (Lipinski definition) is 2. The third-order valence-electron chi connectivity index (χ3n) is 5.19. The van der Waals surface area contributed by atoms with Gasteiger partial charge in [-0.25, -0.2) is 4.98 Å². The van der Waals surface area contributed by atoms with Crippen LogP contribution in [0.3, 0.4) is 0 Å². The van der Waals surface area contributed by atoms with E-state index in [1.165, 1.54) is 18.3 Å². The first-order valence-electron chi connectivity index (χ1n) is 10.6. The zero-order chi connectivity index (χ0) is 24.8. The van der Waals surface area contributed by atoms with Crippen molar-refractivity contribution in [3.63, 3.8) is 0 Å². The Kier molecular flexibility index (Phi) is 8.04. The third kappa shape index (κ3) is 5.81. The molecule has 3 aromatic heterocycles. The smallest absolute Gasteiger partial charge is 0.268 e. The monoisotopic (exact) mass is 481 g/mol. The summed E-state index contributed by atoms with van der Waals surface area (Å²) in [6.07, 6.45) is 1.59. The molecule has 3 heterocycles. The van der Waals surface area contributed by atoms with Crippen LogP contribution in [0.25, 0.3) is 17.5 Å². The summed E-state index contributed by atoms with van der Waals surface area (Å²) in [4.78, 5) is 28.2. The van der Waals surface area contributed by atoms with Crippen molar-refractivity contribution < 1.29 is 18.7 Å². The minimum atomic E-state index is -0.538. The van der Waals surface area contributed by atoms with Gasteiger partial charge in [0.25, 0.3) is 5.91 Å². The molecule has 9 nitrogen and oxygen atoms in total. The van der Waals surface area contributed by atoms with E-state index in [0.29, 0.717) is 29.0 Å². The number of aromatic nitrogens is 2. The van der Waals surface area contributed by atoms with Crippen LogP contribution in [0.15, 0.2) is 33.6 Å². The molecular formula is C24H27N5O4S. The molecule has 2 amide bonds. The van der Waals surface area contributed by atoms with Gasteiger partial charge < -0.3 is 19.0 Å². The van der Waals surface area contributed by atoms with E-state index in [0.717, 1.165) is 17.0 Å². The highest BCUT2D eigenvalue weighted by molar-refractivity contribution is 7.14. The number of furan rings is 1. The largest absolute Gasteiger partial charge is 0.458 e. The molecule has 0 aliphatic rings. The van der Waals surface area contributed by atoms with Crippen LogP contribution in [0, 0.1) is 25.2 Å². The molecule has 34 heavy (non-hydrogen) atoms. The number of carbonyl (C=O) groups excluding carboxylic acids is 2. The summed E-state index contributed by atoms with van der Waals surface area (Å²) in [5, 5.41) is 17.1. The van der Waals surface area contributed by atoms with Gasteiger partial charge in [-0.3, -0.25) is 14.9 Å². The Bertz CT molecular complexity index is 1260. The number of nitrogens with one attached hydrogen (secondary N) is 2. The molecule has 0 radical (unpaired) electrons. The molecule has 1 atom stereocenters. The minimum Gasteiger partial charge on any atom is -0.458 e. The van der Waals surface area contributed by atoms with Crippen molar-refractivity contribution in [3.8, 4) is 17.5 Å². The van der Waals surface area contributed by atoms with Crippen LogP contribution in [-0.4, -0.2) is 35.1 Å². The SMILES string of the molecule is COCC(C)n1c(C)cc(/C=C(/C#N)C(=O)Nc2nc(-c3ccc(CNC(C)=O)o3)cs2)c1C. The van der Waals surface area contributed by atoms with Gasteiger partial charge in [0.1, 0.15) is 23.1 Å². The summed E-state index contributed by atoms with van der Waals surface area (Å²) in [5.74, 6) is 0.426. The second kappa shape index (κ2) is 11.0. The molecule has 0 aliphatic carbocycles. The molecule has 2 N–H and O–H groups in total. The van der Waals surface area contributed by atoms with Gasteiger partial charge in [0, 0.05) is 30.8 Å². The van der Waals surface area contributed by atoms with Gasteiger partial charge in [-0.2, -0.15) is 5.26 Å². The Balaban J connectivity index is 1.74. The normalized spacial score (nSPS) is 12.3. The lowest BCUT2D eigenvalue weighted by Gasteiger charge is -2.17. The Morgan fingerprint density at radius 3 is 2.82 bits per heavy atom. The summed E-state index contributed by atoms with van der Waals surface area (Å²) in [7, 11) is 1.66. The first-order chi connectivity index (χ1) is 16.2. The molecule has 0 aliphatic heterocycles. The number of thiazole rings is 1.